The zero-order valence-corrected chi connectivity index (χ0v) is 12.7. The minimum Gasteiger partial charge on any atom is -0.391 e. The zero-order valence-electron chi connectivity index (χ0n) is 12.7. The van der Waals surface area contributed by atoms with E-state index in [1.807, 2.05) is 32.8 Å². The molecule has 0 bridgehead atoms. The molecule has 2 heterocycles. The monoisotopic (exact) mass is 280 g/mol. The number of nitrogens with zero attached hydrogens (tertiary/aromatic N) is 3. The van der Waals surface area contributed by atoms with Crippen LogP contribution in [0.1, 0.15) is 23.4 Å². The predicted octanol–water partition coefficient (Wildman–Crippen LogP) is 0.0924. The molecule has 2 N–H and O–H groups in total. The molecule has 20 heavy (non-hydrogen) atoms. The van der Waals surface area contributed by atoms with Crippen LogP contribution in [0.5, 0.6) is 0 Å². The highest BCUT2D eigenvalue weighted by Crippen LogP contribution is 2.21. The van der Waals surface area contributed by atoms with Crippen molar-refractivity contribution in [3.63, 3.8) is 0 Å². The Morgan fingerprint density at radius 3 is 2.75 bits per heavy atom. The van der Waals surface area contributed by atoms with Gasteiger partial charge in [-0.15, -0.1) is 0 Å². The van der Waals surface area contributed by atoms with Crippen LogP contribution in [0.25, 0.3) is 0 Å². The molecule has 0 aromatic carbocycles. The van der Waals surface area contributed by atoms with Crippen molar-refractivity contribution < 1.29 is 9.90 Å². The molecule has 2 atom stereocenters. The number of carbonyl (C=O) groups excluding carboxylic acids is 1. The predicted molar refractivity (Wildman–Crippen MR) is 76.4 cm³/mol. The SMILES string of the molecule is Cc1n[nH]c(C)c1CC(=O)N1CC(O)CC1CN(C)C. The van der Waals surface area contributed by atoms with Gasteiger partial charge in [-0.3, -0.25) is 9.89 Å². The number of hydrogen-bond acceptors (Lipinski definition) is 4. The number of hydrogen-bond donors (Lipinski definition) is 2. The maximum Gasteiger partial charge on any atom is 0.227 e. The molecule has 1 aliphatic rings. The van der Waals surface area contributed by atoms with Crippen molar-refractivity contribution in [1.29, 1.82) is 0 Å². The third-order valence-corrected chi connectivity index (χ3v) is 3.90. The van der Waals surface area contributed by atoms with E-state index in [-0.39, 0.29) is 11.9 Å². The number of amides is 1. The average molecular weight is 280 g/mol. The van der Waals surface area contributed by atoms with Crippen LogP contribution in [0.15, 0.2) is 0 Å². The minimum atomic E-state index is -0.407. The fourth-order valence-corrected chi connectivity index (χ4v) is 2.88. The highest BCUT2D eigenvalue weighted by Gasteiger charge is 2.34. The van der Waals surface area contributed by atoms with Crippen molar-refractivity contribution in [3.05, 3.63) is 17.0 Å². The van der Waals surface area contributed by atoms with Gasteiger partial charge in [0.15, 0.2) is 0 Å². The van der Waals surface area contributed by atoms with Crippen LogP contribution in [-0.4, -0.2) is 70.3 Å². The standard InChI is InChI=1S/C14H24N4O2/c1-9-13(10(2)16-15-9)6-14(20)18-8-12(19)5-11(18)7-17(3)4/h11-12,19H,5-8H2,1-4H3,(H,15,16). The maximum atomic E-state index is 12.5. The smallest absolute Gasteiger partial charge is 0.227 e. The first-order valence-electron chi connectivity index (χ1n) is 7.01. The summed E-state index contributed by atoms with van der Waals surface area (Å²) in [5, 5.41) is 16.9. The van der Waals surface area contributed by atoms with Gasteiger partial charge >= 0.3 is 0 Å². The summed E-state index contributed by atoms with van der Waals surface area (Å²) < 4.78 is 0. The highest BCUT2D eigenvalue weighted by molar-refractivity contribution is 5.80. The number of nitrogens with one attached hydrogen (secondary N) is 1. The minimum absolute atomic E-state index is 0.0704. The van der Waals surface area contributed by atoms with E-state index in [9.17, 15) is 9.90 Å². The fraction of sp³-hybridized carbons (Fsp3) is 0.714. The van der Waals surface area contributed by atoms with Gasteiger partial charge in [-0.25, -0.2) is 0 Å². The van der Waals surface area contributed by atoms with E-state index in [0.717, 1.165) is 23.5 Å². The second-order valence-electron chi connectivity index (χ2n) is 5.94. The molecule has 2 unspecified atom stereocenters. The normalized spacial score (nSPS) is 22.8. The lowest BCUT2D eigenvalue weighted by atomic mass is 10.1. The van der Waals surface area contributed by atoms with E-state index in [1.165, 1.54) is 0 Å². The van der Waals surface area contributed by atoms with Crippen LogP contribution in [0.2, 0.25) is 0 Å². The van der Waals surface area contributed by atoms with Crippen molar-refractivity contribution in [1.82, 2.24) is 20.0 Å². The van der Waals surface area contributed by atoms with Gasteiger partial charge in [0.25, 0.3) is 0 Å². The molecule has 1 amide bonds. The number of carbonyl (C=O) groups is 1. The van der Waals surface area contributed by atoms with Crippen molar-refractivity contribution >= 4 is 5.91 Å². The Balaban J connectivity index is 2.07. The number of aromatic amines is 1. The Hall–Kier alpha value is -1.40. The van der Waals surface area contributed by atoms with Gasteiger partial charge in [0.2, 0.25) is 5.91 Å². The summed E-state index contributed by atoms with van der Waals surface area (Å²) >= 11 is 0. The van der Waals surface area contributed by atoms with Crippen molar-refractivity contribution in [2.24, 2.45) is 0 Å². The summed E-state index contributed by atoms with van der Waals surface area (Å²) in [5.74, 6) is 0.0704. The Morgan fingerprint density at radius 2 is 2.20 bits per heavy atom. The Kier molecular flexibility index (Phi) is 4.45. The first-order valence-corrected chi connectivity index (χ1v) is 7.01. The van der Waals surface area contributed by atoms with Crippen molar-refractivity contribution in [2.45, 2.75) is 38.8 Å². The molecule has 1 aromatic rings. The third-order valence-electron chi connectivity index (χ3n) is 3.90. The van der Waals surface area contributed by atoms with Gasteiger partial charge in [-0.05, 0) is 34.4 Å². The van der Waals surface area contributed by atoms with Gasteiger partial charge in [-0.1, -0.05) is 0 Å². The van der Waals surface area contributed by atoms with E-state index >= 15 is 0 Å². The van der Waals surface area contributed by atoms with Crippen LogP contribution >= 0.6 is 0 Å². The third kappa shape index (κ3) is 3.19. The first kappa shape index (κ1) is 15.0. The Morgan fingerprint density at radius 1 is 1.50 bits per heavy atom. The quantitative estimate of drug-likeness (QED) is 0.820. The van der Waals surface area contributed by atoms with E-state index in [0.29, 0.717) is 19.4 Å². The van der Waals surface area contributed by atoms with Crippen LogP contribution in [0.3, 0.4) is 0 Å². The average Bonchev–Trinajstić information content (AvgIpc) is 2.85. The van der Waals surface area contributed by atoms with Gasteiger partial charge in [-0.2, -0.15) is 5.10 Å². The summed E-state index contributed by atoms with van der Waals surface area (Å²) in [5.41, 5.74) is 2.79. The molecule has 1 aliphatic heterocycles. The second-order valence-corrected chi connectivity index (χ2v) is 5.94. The molecule has 2 rings (SSSR count). The highest BCUT2D eigenvalue weighted by atomic mass is 16.3. The summed E-state index contributed by atoms with van der Waals surface area (Å²) in [6.07, 6.45) is 0.605. The molecule has 6 nitrogen and oxygen atoms in total. The van der Waals surface area contributed by atoms with Crippen LogP contribution in [-0.2, 0) is 11.2 Å². The largest absolute Gasteiger partial charge is 0.391 e. The number of aromatic nitrogens is 2. The van der Waals surface area contributed by atoms with E-state index in [4.69, 9.17) is 0 Å². The lowest BCUT2D eigenvalue weighted by Crippen LogP contribution is -2.42. The van der Waals surface area contributed by atoms with E-state index in [2.05, 4.69) is 15.1 Å². The zero-order chi connectivity index (χ0) is 14.9. The molecule has 6 heteroatoms. The summed E-state index contributed by atoms with van der Waals surface area (Å²) in [4.78, 5) is 16.4. The van der Waals surface area contributed by atoms with Crippen LogP contribution < -0.4 is 0 Å². The number of β-amino-alcohol motifs (C(OH)–C–C–N with tert-alkyl or cyclic N) is 1. The lowest BCUT2D eigenvalue weighted by Gasteiger charge is -2.27. The summed E-state index contributed by atoms with van der Waals surface area (Å²) in [6, 6.07) is 0.0972. The van der Waals surface area contributed by atoms with E-state index in [1.54, 1.807) is 0 Å². The molecular weight excluding hydrogens is 256 g/mol. The van der Waals surface area contributed by atoms with Gasteiger partial charge in [0.1, 0.15) is 0 Å². The molecular formula is C14H24N4O2. The molecule has 1 saturated heterocycles. The number of H-pyrrole nitrogens is 1. The lowest BCUT2D eigenvalue weighted by molar-refractivity contribution is -0.131. The Bertz CT molecular complexity index is 464. The van der Waals surface area contributed by atoms with E-state index < -0.39 is 6.10 Å². The number of aryl methyl sites for hydroxylation is 2. The number of likely N-dealkylation sites (N-methyl/N-ethyl adjacent to an activating group) is 1. The number of likely N-dealkylation sites (tertiary alicyclic amines) is 1. The summed E-state index contributed by atoms with van der Waals surface area (Å²) in [6.45, 7) is 5.06. The van der Waals surface area contributed by atoms with Crippen molar-refractivity contribution in [3.8, 4) is 0 Å². The molecule has 0 spiro atoms. The van der Waals surface area contributed by atoms with Gasteiger partial charge < -0.3 is 14.9 Å². The topological polar surface area (TPSA) is 72.5 Å². The summed E-state index contributed by atoms with van der Waals surface area (Å²) in [7, 11) is 3.97. The number of aliphatic hydroxyl groups is 1. The molecule has 112 valence electrons. The first-order chi connectivity index (χ1) is 9.38. The van der Waals surface area contributed by atoms with Crippen LogP contribution in [0, 0.1) is 13.8 Å². The molecule has 0 aliphatic carbocycles. The molecule has 0 radical (unpaired) electrons. The Labute approximate surface area is 119 Å². The number of rotatable bonds is 4. The fourth-order valence-electron chi connectivity index (χ4n) is 2.88. The molecule has 0 saturated carbocycles. The number of aliphatic hydroxyl groups excluding tert-OH is 1. The molecule has 1 fully saturated rings. The maximum absolute atomic E-state index is 12.5. The molecule has 1 aromatic heterocycles. The van der Waals surface area contributed by atoms with Gasteiger partial charge in [0.05, 0.1) is 18.2 Å². The van der Waals surface area contributed by atoms with Gasteiger partial charge in [0, 0.05) is 30.4 Å². The van der Waals surface area contributed by atoms with Crippen LogP contribution in [0.4, 0.5) is 0 Å². The second kappa shape index (κ2) is 5.93. The van der Waals surface area contributed by atoms with Crippen molar-refractivity contribution in [2.75, 3.05) is 27.2 Å².